The van der Waals surface area contributed by atoms with Gasteiger partial charge in [0.15, 0.2) is 0 Å². The molecule has 0 aliphatic carbocycles. The van der Waals surface area contributed by atoms with Crippen molar-refractivity contribution < 1.29 is 8.42 Å². The van der Waals surface area contributed by atoms with Crippen LogP contribution >= 0.6 is 23.2 Å². The van der Waals surface area contributed by atoms with Crippen molar-refractivity contribution in [2.24, 2.45) is 5.73 Å². The van der Waals surface area contributed by atoms with Gasteiger partial charge < -0.3 is 5.73 Å². The van der Waals surface area contributed by atoms with Crippen molar-refractivity contribution in [3.8, 4) is 0 Å². The Morgan fingerprint density at radius 1 is 1.29 bits per heavy atom. The lowest BCUT2D eigenvalue weighted by atomic mass is 10.2. The van der Waals surface area contributed by atoms with Gasteiger partial charge in [-0.1, -0.05) is 29.3 Å². The maximum Gasteiger partial charge on any atom is 0.237 e. The molecule has 1 heterocycles. The summed E-state index contributed by atoms with van der Waals surface area (Å²) in [5.74, 6) is -0.202. The minimum atomic E-state index is -3.56. The number of anilines is 1. The van der Waals surface area contributed by atoms with E-state index < -0.39 is 10.0 Å². The molecule has 0 saturated heterocycles. The van der Waals surface area contributed by atoms with Gasteiger partial charge in [0, 0.05) is 12.7 Å². The Labute approximate surface area is 132 Å². The number of hydrogen-bond acceptors (Lipinski definition) is 4. The van der Waals surface area contributed by atoms with Crippen LogP contribution in [0.25, 0.3) is 0 Å². The largest absolute Gasteiger partial charge is 0.329 e. The van der Waals surface area contributed by atoms with Crippen molar-refractivity contribution in [1.82, 2.24) is 9.78 Å². The molecule has 0 aliphatic heterocycles. The third-order valence-corrected chi connectivity index (χ3v) is 4.60. The van der Waals surface area contributed by atoms with E-state index in [0.717, 1.165) is 0 Å². The van der Waals surface area contributed by atoms with Gasteiger partial charge in [-0.05, 0) is 17.7 Å². The lowest BCUT2D eigenvalue weighted by molar-refractivity contribution is 0.600. The fourth-order valence-corrected chi connectivity index (χ4v) is 3.21. The summed E-state index contributed by atoms with van der Waals surface area (Å²) in [6.45, 7) is 0.950. The minimum Gasteiger partial charge on any atom is -0.329 e. The number of rotatable bonds is 6. The van der Waals surface area contributed by atoms with Crippen LogP contribution in [0.1, 0.15) is 5.56 Å². The predicted octanol–water partition coefficient (Wildman–Crippen LogP) is 2.09. The second kappa shape index (κ2) is 6.65. The number of sulfonamides is 1. The van der Waals surface area contributed by atoms with Gasteiger partial charge in [0.05, 0.1) is 34.2 Å². The lowest BCUT2D eigenvalue weighted by Gasteiger charge is -2.07. The SMILES string of the molecule is NCCn1cc(NS(=O)(=O)Cc2ccc(Cl)c(Cl)c2)cn1. The molecule has 3 N–H and O–H groups in total. The zero-order valence-electron chi connectivity index (χ0n) is 11.0. The molecule has 1 aromatic carbocycles. The highest BCUT2D eigenvalue weighted by Gasteiger charge is 2.14. The van der Waals surface area contributed by atoms with Crippen molar-refractivity contribution in [2.45, 2.75) is 12.3 Å². The molecular formula is C12H14Cl2N4O2S. The van der Waals surface area contributed by atoms with Gasteiger partial charge in [-0.15, -0.1) is 0 Å². The Kier molecular flexibility index (Phi) is 5.10. The van der Waals surface area contributed by atoms with Crippen LogP contribution in [-0.2, 0) is 22.3 Å². The molecule has 1 aromatic heterocycles. The Morgan fingerprint density at radius 3 is 2.71 bits per heavy atom. The highest BCUT2D eigenvalue weighted by Crippen LogP contribution is 2.23. The predicted molar refractivity (Wildman–Crippen MR) is 84.0 cm³/mol. The molecule has 6 nitrogen and oxygen atoms in total. The first kappa shape index (κ1) is 16.1. The standard InChI is InChI=1S/C12H14Cl2N4O2S/c13-11-2-1-9(5-12(11)14)8-21(19,20)17-10-6-16-18(7-10)4-3-15/h1-2,5-7,17H,3-4,8,15H2. The first-order valence-electron chi connectivity index (χ1n) is 6.06. The first-order chi connectivity index (χ1) is 9.89. The summed E-state index contributed by atoms with van der Waals surface area (Å²) in [4.78, 5) is 0. The molecule has 21 heavy (non-hydrogen) atoms. The number of hydrogen-bond donors (Lipinski definition) is 2. The summed E-state index contributed by atoms with van der Waals surface area (Å²) in [6, 6.07) is 4.71. The van der Waals surface area contributed by atoms with Crippen molar-refractivity contribution >= 4 is 38.9 Å². The molecule has 0 saturated carbocycles. The van der Waals surface area contributed by atoms with Crippen LogP contribution in [-0.4, -0.2) is 24.7 Å². The van der Waals surface area contributed by atoms with Gasteiger partial charge in [0.2, 0.25) is 10.0 Å². The minimum absolute atomic E-state index is 0.202. The molecule has 0 radical (unpaired) electrons. The Morgan fingerprint density at radius 2 is 2.05 bits per heavy atom. The smallest absolute Gasteiger partial charge is 0.237 e. The van der Waals surface area contributed by atoms with Gasteiger partial charge in [-0.3, -0.25) is 9.40 Å². The second-order valence-corrected chi connectivity index (χ2v) is 6.93. The number of nitrogens with two attached hydrogens (primary N) is 1. The highest BCUT2D eigenvalue weighted by atomic mass is 35.5. The van der Waals surface area contributed by atoms with E-state index in [9.17, 15) is 8.42 Å². The van der Waals surface area contributed by atoms with Crippen molar-refractivity contribution in [2.75, 3.05) is 11.3 Å². The third-order valence-electron chi connectivity index (χ3n) is 2.61. The Bertz CT molecular complexity index is 731. The molecule has 9 heteroatoms. The van der Waals surface area contributed by atoms with E-state index in [1.165, 1.54) is 12.3 Å². The number of aromatic nitrogens is 2. The van der Waals surface area contributed by atoms with Gasteiger partial charge in [-0.25, -0.2) is 8.42 Å². The van der Waals surface area contributed by atoms with Crippen LogP contribution in [0.5, 0.6) is 0 Å². The topological polar surface area (TPSA) is 90.0 Å². The molecule has 0 aliphatic rings. The lowest BCUT2D eigenvalue weighted by Crippen LogP contribution is -2.15. The van der Waals surface area contributed by atoms with E-state index in [0.29, 0.717) is 34.4 Å². The molecule has 0 amide bonds. The van der Waals surface area contributed by atoms with Crippen LogP contribution in [0.3, 0.4) is 0 Å². The van der Waals surface area contributed by atoms with Crippen LogP contribution in [0, 0.1) is 0 Å². The fraction of sp³-hybridized carbons (Fsp3) is 0.250. The number of nitrogens with zero attached hydrogens (tertiary/aromatic N) is 2. The van der Waals surface area contributed by atoms with Crippen LogP contribution in [0.15, 0.2) is 30.6 Å². The number of benzene rings is 1. The van der Waals surface area contributed by atoms with Gasteiger partial charge in [0.1, 0.15) is 0 Å². The monoisotopic (exact) mass is 348 g/mol. The summed E-state index contributed by atoms with van der Waals surface area (Å²) < 4.78 is 28.2. The van der Waals surface area contributed by atoms with E-state index in [1.807, 2.05) is 0 Å². The van der Waals surface area contributed by atoms with E-state index in [4.69, 9.17) is 28.9 Å². The highest BCUT2D eigenvalue weighted by molar-refractivity contribution is 7.91. The summed E-state index contributed by atoms with van der Waals surface area (Å²) in [6.07, 6.45) is 3.02. The fourth-order valence-electron chi connectivity index (χ4n) is 1.74. The van der Waals surface area contributed by atoms with E-state index in [1.54, 1.807) is 23.0 Å². The maximum absolute atomic E-state index is 12.1. The van der Waals surface area contributed by atoms with E-state index >= 15 is 0 Å². The normalized spacial score (nSPS) is 11.6. The molecule has 2 rings (SSSR count). The number of halogens is 2. The van der Waals surface area contributed by atoms with Gasteiger partial charge >= 0.3 is 0 Å². The summed E-state index contributed by atoms with van der Waals surface area (Å²) >= 11 is 11.7. The zero-order valence-corrected chi connectivity index (χ0v) is 13.3. The first-order valence-corrected chi connectivity index (χ1v) is 8.47. The molecular weight excluding hydrogens is 335 g/mol. The molecule has 114 valence electrons. The molecule has 0 bridgehead atoms. The quantitative estimate of drug-likeness (QED) is 0.836. The van der Waals surface area contributed by atoms with Crippen molar-refractivity contribution in [3.63, 3.8) is 0 Å². The van der Waals surface area contributed by atoms with E-state index in [-0.39, 0.29) is 5.75 Å². The average molecular weight is 349 g/mol. The van der Waals surface area contributed by atoms with Crippen LogP contribution in [0.4, 0.5) is 5.69 Å². The Balaban J connectivity index is 2.08. The van der Waals surface area contributed by atoms with Crippen LogP contribution < -0.4 is 10.5 Å². The molecule has 0 unspecified atom stereocenters. The molecule has 2 aromatic rings. The zero-order chi connectivity index (χ0) is 15.5. The number of nitrogens with one attached hydrogen (secondary N) is 1. The van der Waals surface area contributed by atoms with Crippen molar-refractivity contribution in [3.05, 3.63) is 46.2 Å². The molecule has 0 spiro atoms. The maximum atomic E-state index is 12.1. The van der Waals surface area contributed by atoms with E-state index in [2.05, 4.69) is 9.82 Å². The second-order valence-electron chi connectivity index (χ2n) is 4.39. The summed E-state index contributed by atoms with van der Waals surface area (Å²) in [7, 11) is -3.56. The van der Waals surface area contributed by atoms with Gasteiger partial charge in [0.25, 0.3) is 0 Å². The third kappa shape index (κ3) is 4.60. The molecule has 0 atom stereocenters. The van der Waals surface area contributed by atoms with Gasteiger partial charge in [-0.2, -0.15) is 5.10 Å². The van der Waals surface area contributed by atoms with Crippen molar-refractivity contribution in [1.29, 1.82) is 0 Å². The summed E-state index contributed by atoms with van der Waals surface area (Å²) in [5, 5.41) is 4.70. The van der Waals surface area contributed by atoms with Crippen LogP contribution in [0.2, 0.25) is 10.0 Å². The molecule has 0 fully saturated rings. The Hall–Kier alpha value is -1.28. The average Bonchev–Trinajstić information content (AvgIpc) is 2.80. The summed E-state index contributed by atoms with van der Waals surface area (Å²) in [5.41, 5.74) is 6.34.